The fraction of sp³-hybridized carbons (Fsp3) is 0.700. The lowest BCUT2D eigenvalue weighted by Gasteiger charge is -2.22. The molecule has 4 nitrogen and oxygen atoms in total. The van der Waals surface area contributed by atoms with Crippen molar-refractivity contribution in [3.8, 4) is 0 Å². The Kier molecular flexibility index (Phi) is 2.84. The van der Waals surface area contributed by atoms with E-state index in [9.17, 15) is 0 Å². The van der Waals surface area contributed by atoms with Crippen LogP contribution < -0.4 is 5.73 Å². The first kappa shape index (κ1) is 9.68. The Morgan fingerprint density at radius 3 is 3.14 bits per heavy atom. The van der Waals surface area contributed by atoms with Gasteiger partial charge in [-0.05, 0) is 19.8 Å². The van der Waals surface area contributed by atoms with Crippen LogP contribution in [-0.2, 0) is 4.74 Å². The van der Waals surface area contributed by atoms with E-state index < -0.39 is 0 Å². The Labute approximate surface area is 84.0 Å². The minimum Gasteiger partial charge on any atom is -0.379 e. The second-order valence-electron chi connectivity index (χ2n) is 3.91. The molecule has 0 amide bonds. The van der Waals surface area contributed by atoms with E-state index in [0.717, 1.165) is 31.6 Å². The molecule has 1 aliphatic rings. The summed E-state index contributed by atoms with van der Waals surface area (Å²) in [6.07, 6.45) is 6.15. The van der Waals surface area contributed by atoms with Gasteiger partial charge in [0.15, 0.2) is 0 Å². The van der Waals surface area contributed by atoms with Gasteiger partial charge in [-0.2, -0.15) is 5.10 Å². The maximum atomic E-state index is 5.77. The first-order valence-electron chi connectivity index (χ1n) is 5.15. The molecule has 4 heteroatoms. The summed E-state index contributed by atoms with van der Waals surface area (Å²) < 4.78 is 7.40. The molecule has 1 aromatic rings. The topological polar surface area (TPSA) is 53.1 Å². The lowest BCUT2D eigenvalue weighted by atomic mass is 10.1. The summed E-state index contributed by atoms with van der Waals surface area (Å²) in [5.41, 5.74) is 6.87. The molecule has 1 fully saturated rings. The van der Waals surface area contributed by atoms with Crippen LogP contribution >= 0.6 is 0 Å². The number of ether oxygens (including phenoxy) is 1. The molecule has 0 aliphatic carbocycles. The van der Waals surface area contributed by atoms with E-state index in [0.29, 0.717) is 6.04 Å². The zero-order chi connectivity index (χ0) is 9.97. The summed E-state index contributed by atoms with van der Waals surface area (Å²) in [7, 11) is 0. The van der Waals surface area contributed by atoms with Gasteiger partial charge in [0.05, 0.1) is 18.8 Å². The Balaban J connectivity index is 2.07. The van der Waals surface area contributed by atoms with Crippen LogP contribution in [0.25, 0.3) is 0 Å². The molecule has 2 N–H and O–H groups in total. The number of rotatable bonds is 2. The van der Waals surface area contributed by atoms with Crippen molar-refractivity contribution in [3.63, 3.8) is 0 Å². The maximum Gasteiger partial charge on any atom is 0.0753 e. The molecule has 2 rings (SSSR count). The van der Waals surface area contributed by atoms with E-state index in [4.69, 9.17) is 10.5 Å². The smallest absolute Gasteiger partial charge is 0.0753 e. The van der Waals surface area contributed by atoms with Crippen molar-refractivity contribution in [1.29, 1.82) is 0 Å². The Morgan fingerprint density at radius 2 is 2.57 bits per heavy atom. The highest BCUT2D eigenvalue weighted by molar-refractivity contribution is 5.08. The van der Waals surface area contributed by atoms with Crippen LogP contribution in [0.3, 0.4) is 0 Å². The summed E-state index contributed by atoms with van der Waals surface area (Å²) in [6, 6.07) is 0.463. The van der Waals surface area contributed by atoms with Gasteiger partial charge in [0.2, 0.25) is 0 Å². The Hall–Kier alpha value is -0.870. The first-order chi connectivity index (χ1) is 6.77. The number of nitrogens with two attached hydrogens (primary N) is 1. The van der Waals surface area contributed by atoms with Gasteiger partial charge in [0, 0.05) is 24.4 Å². The Morgan fingerprint density at radius 1 is 1.71 bits per heavy atom. The van der Waals surface area contributed by atoms with Gasteiger partial charge in [0.25, 0.3) is 0 Å². The molecule has 14 heavy (non-hydrogen) atoms. The quantitative estimate of drug-likeness (QED) is 0.772. The highest BCUT2D eigenvalue weighted by Gasteiger charge is 2.16. The van der Waals surface area contributed by atoms with Crippen molar-refractivity contribution in [2.45, 2.75) is 31.8 Å². The molecule has 0 radical (unpaired) electrons. The fourth-order valence-corrected chi connectivity index (χ4v) is 1.72. The van der Waals surface area contributed by atoms with E-state index in [-0.39, 0.29) is 6.04 Å². The van der Waals surface area contributed by atoms with Crippen LogP contribution in [0, 0.1) is 0 Å². The van der Waals surface area contributed by atoms with E-state index in [1.807, 2.05) is 24.0 Å². The molecule has 0 spiro atoms. The third kappa shape index (κ3) is 1.96. The molecule has 2 heterocycles. The standard InChI is InChI=1S/C10H17N3O/c1-8(11)9-5-12-13(6-9)10-3-2-4-14-7-10/h5-6,8,10H,2-4,7,11H2,1H3/t8-,10?/m1/s1. The number of aromatic nitrogens is 2. The van der Waals surface area contributed by atoms with Crippen LogP contribution in [-0.4, -0.2) is 23.0 Å². The van der Waals surface area contributed by atoms with Gasteiger partial charge in [-0.3, -0.25) is 4.68 Å². The molecule has 1 saturated heterocycles. The third-order valence-electron chi connectivity index (χ3n) is 2.66. The molecule has 78 valence electrons. The average Bonchev–Trinajstić information content (AvgIpc) is 2.68. The van der Waals surface area contributed by atoms with Crippen LogP contribution in [0.2, 0.25) is 0 Å². The normalized spacial score (nSPS) is 24.9. The van der Waals surface area contributed by atoms with E-state index in [1.165, 1.54) is 0 Å². The summed E-state index contributed by atoms with van der Waals surface area (Å²) in [5, 5.41) is 4.32. The predicted molar refractivity (Wildman–Crippen MR) is 53.9 cm³/mol. The maximum absolute atomic E-state index is 5.77. The lowest BCUT2D eigenvalue weighted by molar-refractivity contribution is 0.0549. The summed E-state index contributed by atoms with van der Waals surface area (Å²) in [6.45, 7) is 3.64. The number of hydrogen-bond acceptors (Lipinski definition) is 3. The molecule has 1 aromatic heterocycles. The van der Waals surface area contributed by atoms with Gasteiger partial charge in [0.1, 0.15) is 0 Å². The minimum atomic E-state index is 0.0632. The largest absolute Gasteiger partial charge is 0.379 e. The molecule has 0 saturated carbocycles. The summed E-state index contributed by atoms with van der Waals surface area (Å²) in [4.78, 5) is 0. The van der Waals surface area contributed by atoms with Gasteiger partial charge in [-0.25, -0.2) is 0 Å². The van der Waals surface area contributed by atoms with Gasteiger partial charge < -0.3 is 10.5 Å². The summed E-state index contributed by atoms with van der Waals surface area (Å²) >= 11 is 0. The van der Waals surface area contributed by atoms with E-state index in [1.54, 1.807) is 0 Å². The van der Waals surface area contributed by atoms with Gasteiger partial charge >= 0.3 is 0 Å². The Bertz CT molecular complexity index is 289. The average molecular weight is 195 g/mol. The monoisotopic (exact) mass is 195 g/mol. The number of nitrogens with zero attached hydrogens (tertiary/aromatic N) is 2. The second kappa shape index (κ2) is 4.11. The minimum absolute atomic E-state index is 0.0632. The highest BCUT2D eigenvalue weighted by atomic mass is 16.5. The molecule has 0 bridgehead atoms. The van der Waals surface area contributed by atoms with Gasteiger partial charge in [-0.1, -0.05) is 0 Å². The van der Waals surface area contributed by atoms with Crippen molar-refractivity contribution < 1.29 is 4.74 Å². The SMILES string of the molecule is C[C@@H](N)c1cnn(C2CCCOC2)c1. The van der Waals surface area contributed by atoms with Crippen molar-refractivity contribution in [2.24, 2.45) is 5.73 Å². The first-order valence-corrected chi connectivity index (χ1v) is 5.15. The fourth-order valence-electron chi connectivity index (χ4n) is 1.72. The van der Waals surface area contributed by atoms with Crippen molar-refractivity contribution in [1.82, 2.24) is 9.78 Å². The molecule has 2 atom stereocenters. The second-order valence-corrected chi connectivity index (χ2v) is 3.91. The third-order valence-corrected chi connectivity index (χ3v) is 2.66. The number of hydrogen-bond donors (Lipinski definition) is 1. The molecule has 1 aliphatic heterocycles. The van der Waals surface area contributed by atoms with E-state index in [2.05, 4.69) is 5.10 Å². The zero-order valence-electron chi connectivity index (χ0n) is 8.52. The predicted octanol–water partition coefficient (Wildman–Crippen LogP) is 1.25. The van der Waals surface area contributed by atoms with Crippen LogP contribution in [0.5, 0.6) is 0 Å². The highest BCUT2D eigenvalue weighted by Crippen LogP contribution is 2.19. The molecule has 0 aromatic carbocycles. The van der Waals surface area contributed by atoms with Crippen molar-refractivity contribution >= 4 is 0 Å². The van der Waals surface area contributed by atoms with Crippen molar-refractivity contribution in [2.75, 3.05) is 13.2 Å². The lowest BCUT2D eigenvalue weighted by Crippen LogP contribution is -2.21. The van der Waals surface area contributed by atoms with Gasteiger partial charge in [-0.15, -0.1) is 0 Å². The van der Waals surface area contributed by atoms with E-state index >= 15 is 0 Å². The molecular formula is C10H17N3O. The van der Waals surface area contributed by atoms with Crippen LogP contribution in [0.4, 0.5) is 0 Å². The zero-order valence-corrected chi connectivity index (χ0v) is 8.52. The van der Waals surface area contributed by atoms with Crippen LogP contribution in [0.1, 0.15) is 37.4 Å². The molecule has 1 unspecified atom stereocenters. The molecular weight excluding hydrogens is 178 g/mol. The van der Waals surface area contributed by atoms with Crippen molar-refractivity contribution in [3.05, 3.63) is 18.0 Å². The summed E-state index contributed by atoms with van der Waals surface area (Å²) in [5.74, 6) is 0. The van der Waals surface area contributed by atoms with Crippen LogP contribution in [0.15, 0.2) is 12.4 Å².